The molecule has 7 nitrogen and oxygen atoms in total. The minimum absolute atomic E-state index is 0.0196. The Bertz CT molecular complexity index is 721. The molecule has 3 heterocycles. The largest absolute Gasteiger partial charge is 0.359 e. The van der Waals surface area contributed by atoms with Crippen LogP contribution in [-0.4, -0.2) is 78.9 Å². The number of amides is 1. The van der Waals surface area contributed by atoms with Crippen LogP contribution in [0.1, 0.15) is 29.8 Å². The van der Waals surface area contributed by atoms with Gasteiger partial charge in [-0.15, -0.1) is 11.3 Å². The van der Waals surface area contributed by atoms with Crippen molar-refractivity contribution in [1.82, 2.24) is 14.8 Å². The van der Waals surface area contributed by atoms with E-state index in [4.69, 9.17) is 0 Å². The molecule has 0 unspecified atom stereocenters. The zero-order valence-electron chi connectivity index (χ0n) is 13.5. The maximum Gasteiger partial charge on any atom is 0.273 e. The Hall–Kier alpha value is -1.19. The number of aromatic nitrogens is 1. The van der Waals surface area contributed by atoms with Gasteiger partial charge in [0.25, 0.3) is 5.91 Å². The number of anilines is 1. The fourth-order valence-corrected chi connectivity index (χ4v) is 5.88. The van der Waals surface area contributed by atoms with Gasteiger partial charge in [-0.25, -0.2) is 13.4 Å². The third-order valence-corrected chi connectivity index (χ3v) is 7.48. The third-order valence-electron chi connectivity index (χ3n) is 4.95. The van der Waals surface area contributed by atoms with Crippen LogP contribution in [0.3, 0.4) is 0 Å². The summed E-state index contributed by atoms with van der Waals surface area (Å²) in [6.45, 7) is 2.75. The maximum atomic E-state index is 12.6. The number of thiazole rings is 1. The smallest absolute Gasteiger partial charge is 0.273 e. The topological polar surface area (TPSA) is 82.6 Å². The van der Waals surface area contributed by atoms with E-state index in [-0.39, 0.29) is 17.7 Å². The molecule has 2 aliphatic heterocycles. The molecule has 0 radical (unpaired) electrons. The Labute approximate surface area is 146 Å². The fraction of sp³-hybridized carbons (Fsp3) is 0.733. The van der Waals surface area contributed by atoms with Crippen molar-refractivity contribution in [3.63, 3.8) is 0 Å². The van der Waals surface area contributed by atoms with Crippen LogP contribution in [-0.2, 0) is 9.84 Å². The number of nitrogens with one attached hydrogen (secondary N) is 1. The van der Waals surface area contributed by atoms with Crippen LogP contribution in [0, 0.1) is 0 Å². The molecule has 9 heteroatoms. The average molecular weight is 371 g/mol. The first-order valence-corrected chi connectivity index (χ1v) is 11.2. The molecule has 0 bridgehead atoms. The average Bonchev–Trinajstić information content (AvgIpc) is 3.12. The van der Waals surface area contributed by atoms with Crippen molar-refractivity contribution in [2.45, 2.75) is 31.3 Å². The quantitative estimate of drug-likeness (QED) is 0.839. The standard InChI is InChI=1S/C15H22N4O3S2/c20-14(13-9-23-15(17-13)16-11-1-2-11)19-6-4-18(5-7-19)12-3-8-24(21,22)10-12/h9,11-12H,1-8,10H2,(H,16,17)/t12-/m1/s1. The van der Waals surface area contributed by atoms with Crippen LogP contribution in [0.15, 0.2) is 5.38 Å². The lowest BCUT2D eigenvalue weighted by Gasteiger charge is -2.37. The summed E-state index contributed by atoms with van der Waals surface area (Å²) >= 11 is 1.48. The second-order valence-electron chi connectivity index (χ2n) is 6.84. The van der Waals surface area contributed by atoms with Crippen LogP contribution in [0.25, 0.3) is 0 Å². The molecule has 3 fully saturated rings. The van der Waals surface area contributed by atoms with E-state index in [0.29, 0.717) is 30.6 Å². The van der Waals surface area contributed by atoms with Gasteiger partial charge >= 0.3 is 0 Å². The summed E-state index contributed by atoms with van der Waals surface area (Å²) < 4.78 is 23.2. The van der Waals surface area contributed by atoms with Crippen molar-refractivity contribution in [3.8, 4) is 0 Å². The van der Waals surface area contributed by atoms with Crippen LogP contribution < -0.4 is 5.32 Å². The fourth-order valence-electron chi connectivity index (χ4n) is 3.36. The van der Waals surface area contributed by atoms with E-state index in [1.165, 1.54) is 24.2 Å². The van der Waals surface area contributed by atoms with Crippen LogP contribution in [0.4, 0.5) is 5.13 Å². The third kappa shape index (κ3) is 3.57. The predicted octanol–water partition coefficient (Wildman–Crippen LogP) is 0.662. The molecule has 1 N–H and O–H groups in total. The van der Waals surface area contributed by atoms with Crippen molar-refractivity contribution in [3.05, 3.63) is 11.1 Å². The van der Waals surface area contributed by atoms with E-state index in [1.54, 1.807) is 0 Å². The van der Waals surface area contributed by atoms with E-state index in [0.717, 1.165) is 24.6 Å². The molecule has 24 heavy (non-hydrogen) atoms. The second kappa shape index (κ2) is 6.27. The van der Waals surface area contributed by atoms with Gasteiger partial charge in [0.2, 0.25) is 0 Å². The van der Waals surface area contributed by atoms with E-state index in [1.807, 2.05) is 10.3 Å². The highest BCUT2D eigenvalue weighted by atomic mass is 32.2. The van der Waals surface area contributed by atoms with Crippen molar-refractivity contribution in [2.75, 3.05) is 43.0 Å². The minimum Gasteiger partial charge on any atom is -0.359 e. The van der Waals surface area contributed by atoms with E-state index >= 15 is 0 Å². The van der Waals surface area contributed by atoms with Gasteiger partial charge in [0, 0.05) is 43.6 Å². The van der Waals surface area contributed by atoms with Gasteiger partial charge in [-0.1, -0.05) is 0 Å². The molecular weight excluding hydrogens is 348 g/mol. The molecule has 132 valence electrons. The maximum absolute atomic E-state index is 12.6. The number of carbonyl (C=O) groups excluding carboxylic acids is 1. The Morgan fingerprint density at radius 1 is 1.21 bits per heavy atom. The lowest BCUT2D eigenvalue weighted by molar-refractivity contribution is 0.0583. The first kappa shape index (κ1) is 16.3. The van der Waals surface area contributed by atoms with E-state index < -0.39 is 9.84 Å². The van der Waals surface area contributed by atoms with Gasteiger partial charge in [0.15, 0.2) is 15.0 Å². The Kier molecular flexibility index (Phi) is 4.26. The molecule has 2 saturated heterocycles. The van der Waals surface area contributed by atoms with Crippen LogP contribution in [0.2, 0.25) is 0 Å². The SMILES string of the molecule is O=C(c1csc(NC2CC2)n1)N1CCN([C@@H]2CCS(=O)(=O)C2)CC1. The van der Waals surface area contributed by atoms with Gasteiger partial charge in [0.05, 0.1) is 11.5 Å². The van der Waals surface area contributed by atoms with Gasteiger partial charge in [-0.05, 0) is 19.3 Å². The van der Waals surface area contributed by atoms with Gasteiger partial charge < -0.3 is 10.2 Å². The molecule has 1 amide bonds. The lowest BCUT2D eigenvalue weighted by Crippen LogP contribution is -2.52. The second-order valence-corrected chi connectivity index (χ2v) is 9.93. The van der Waals surface area contributed by atoms with Crippen LogP contribution in [0.5, 0.6) is 0 Å². The Morgan fingerprint density at radius 2 is 1.96 bits per heavy atom. The summed E-state index contributed by atoms with van der Waals surface area (Å²) in [5.41, 5.74) is 0.514. The summed E-state index contributed by atoms with van der Waals surface area (Å²) in [7, 11) is -2.86. The highest BCUT2D eigenvalue weighted by molar-refractivity contribution is 7.91. The molecule has 0 aromatic carbocycles. The number of sulfone groups is 1. The highest BCUT2D eigenvalue weighted by Gasteiger charge is 2.34. The molecule has 1 atom stereocenters. The number of piperazine rings is 1. The summed E-state index contributed by atoms with van der Waals surface area (Å²) in [4.78, 5) is 21.0. The molecule has 4 rings (SSSR count). The summed E-state index contributed by atoms with van der Waals surface area (Å²) in [5, 5.41) is 5.97. The summed E-state index contributed by atoms with van der Waals surface area (Å²) in [6, 6.07) is 0.659. The Morgan fingerprint density at radius 3 is 2.58 bits per heavy atom. The molecule has 1 aliphatic carbocycles. The normalized spacial score (nSPS) is 27.3. The van der Waals surface area contributed by atoms with Crippen molar-refractivity contribution < 1.29 is 13.2 Å². The highest BCUT2D eigenvalue weighted by Crippen LogP contribution is 2.27. The van der Waals surface area contributed by atoms with Gasteiger partial charge in [-0.3, -0.25) is 9.69 Å². The number of nitrogens with zero attached hydrogens (tertiary/aromatic N) is 3. The minimum atomic E-state index is -2.86. The molecule has 1 aromatic heterocycles. The lowest BCUT2D eigenvalue weighted by atomic mass is 10.2. The van der Waals surface area contributed by atoms with E-state index in [2.05, 4.69) is 15.2 Å². The van der Waals surface area contributed by atoms with E-state index in [9.17, 15) is 13.2 Å². The number of rotatable bonds is 4. The summed E-state index contributed by atoms with van der Waals surface area (Å²) in [6.07, 6.45) is 3.09. The predicted molar refractivity (Wildman–Crippen MR) is 93.3 cm³/mol. The molecule has 1 saturated carbocycles. The van der Waals surface area contributed by atoms with Crippen molar-refractivity contribution in [2.24, 2.45) is 0 Å². The molecule has 3 aliphatic rings. The monoisotopic (exact) mass is 370 g/mol. The Balaban J connectivity index is 1.32. The molecule has 1 aromatic rings. The summed E-state index contributed by atoms with van der Waals surface area (Å²) in [5.74, 6) is 0.545. The zero-order chi connectivity index (χ0) is 16.7. The number of carbonyl (C=O) groups is 1. The first-order chi connectivity index (χ1) is 11.5. The first-order valence-electron chi connectivity index (χ1n) is 8.46. The van der Waals surface area contributed by atoms with Crippen molar-refractivity contribution >= 4 is 32.2 Å². The van der Waals surface area contributed by atoms with Gasteiger partial charge in [-0.2, -0.15) is 0 Å². The molecular formula is C15H22N4O3S2. The zero-order valence-corrected chi connectivity index (χ0v) is 15.1. The van der Waals surface area contributed by atoms with Crippen molar-refractivity contribution in [1.29, 1.82) is 0 Å². The van der Waals surface area contributed by atoms with Crippen LogP contribution >= 0.6 is 11.3 Å². The number of hydrogen-bond acceptors (Lipinski definition) is 7. The molecule has 0 spiro atoms. The number of hydrogen-bond donors (Lipinski definition) is 1. The van der Waals surface area contributed by atoms with Gasteiger partial charge in [0.1, 0.15) is 5.69 Å².